The highest BCUT2D eigenvalue weighted by molar-refractivity contribution is 5.87. The topological polar surface area (TPSA) is 37.3 Å². The minimum absolute atomic E-state index is 0.0709. The third kappa shape index (κ3) is 2.59. The lowest BCUT2D eigenvalue weighted by molar-refractivity contribution is -0.149. The minimum Gasteiger partial charge on any atom is -0.390 e. The molecule has 0 radical (unpaired) electrons. The number of hydrogen-bond acceptors (Lipinski definition) is 2. The highest BCUT2D eigenvalue weighted by atomic mass is 16.3. The minimum atomic E-state index is -0.690. The number of allylic oxidation sites excluding steroid dienone is 1. The molecule has 0 aromatic carbocycles. The van der Waals surface area contributed by atoms with Crippen molar-refractivity contribution in [1.82, 2.24) is 0 Å². The third-order valence-corrected chi connectivity index (χ3v) is 6.12. The van der Waals surface area contributed by atoms with Crippen LogP contribution in [-0.2, 0) is 4.79 Å². The van der Waals surface area contributed by atoms with Crippen LogP contribution in [0.1, 0.15) is 66.7 Å². The second kappa shape index (κ2) is 4.98. The molecular weight excluding hydrogens is 248 g/mol. The lowest BCUT2D eigenvalue weighted by Crippen LogP contribution is -2.56. The maximum Gasteiger partial charge on any atom is 0.152 e. The van der Waals surface area contributed by atoms with Crippen LogP contribution in [0.25, 0.3) is 0 Å². The van der Waals surface area contributed by atoms with Crippen molar-refractivity contribution in [3.8, 4) is 0 Å². The molecule has 0 saturated heterocycles. The van der Waals surface area contributed by atoms with Crippen molar-refractivity contribution in [3.63, 3.8) is 0 Å². The van der Waals surface area contributed by atoms with Crippen LogP contribution in [0.2, 0.25) is 0 Å². The molecule has 2 heteroatoms. The van der Waals surface area contributed by atoms with Crippen molar-refractivity contribution in [2.75, 3.05) is 0 Å². The molecule has 20 heavy (non-hydrogen) atoms. The number of hydrogen-bond donors (Lipinski definition) is 1. The van der Waals surface area contributed by atoms with Gasteiger partial charge < -0.3 is 5.11 Å². The normalized spacial score (nSPS) is 44.3. The Kier molecular flexibility index (Phi) is 3.92. The van der Waals surface area contributed by atoms with E-state index in [4.69, 9.17) is 0 Å². The van der Waals surface area contributed by atoms with Crippen molar-refractivity contribution in [2.45, 2.75) is 72.3 Å². The predicted octanol–water partition coefficient (Wildman–Crippen LogP) is 4.13. The number of fused-ring (bicyclic) bond motifs is 1. The SMILES string of the molecule is CC(=O)C=C[C@@H]1[C@@]2(C)CCCC(C)(C)[C@@H]2CC[C@@]1(C)O. The van der Waals surface area contributed by atoms with Crippen molar-refractivity contribution in [1.29, 1.82) is 0 Å². The molecule has 0 bridgehead atoms. The van der Waals surface area contributed by atoms with E-state index in [0.717, 1.165) is 19.3 Å². The molecule has 2 aliphatic rings. The van der Waals surface area contributed by atoms with Gasteiger partial charge in [0.1, 0.15) is 0 Å². The predicted molar refractivity (Wildman–Crippen MR) is 82.4 cm³/mol. The summed E-state index contributed by atoms with van der Waals surface area (Å²) >= 11 is 0. The van der Waals surface area contributed by atoms with E-state index in [1.807, 2.05) is 13.0 Å². The zero-order valence-corrected chi connectivity index (χ0v) is 13.7. The Morgan fingerprint density at radius 1 is 1.15 bits per heavy atom. The molecule has 0 amide bonds. The van der Waals surface area contributed by atoms with Crippen molar-refractivity contribution >= 4 is 5.78 Å². The lowest BCUT2D eigenvalue weighted by atomic mass is 9.45. The van der Waals surface area contributed by atoms with E-state index in [9.17, 15) is 9.90 Å². The molecule has 114 valence electrons. The quantitative estimate of drug-likeness (QED) is 0.771. The van der Waals surface area contributed by atoms with E-state index in [1.54, 1.807) is 13.0 Å². The second-order valence-electron chi connectivity index (χ2n) is 8.24. The van der Waals surface area contributed by atoms with Crippen molar-refractivity contribution in [3.05, 3.63) is 12.2 Å². The molecule has 4 atom stereocenters. The van der Waals surface area contributed by atoms with Gasteiger partial charge in [-0.2, -0.15) is 0 Å². The largest absolute Gasteiger partial charge is 0.390 e. The molecule has 2 nitrogen and oxygen atoms in total. The van der Waals surface area contributed by atoms with Gasteiger partial charge in [0.05, 0.1) is 5.60 Å². The van der Waals surface area contributed by atoms with Gasteiger partial charge in [-0.25, -0.2) is 0 Å². The molecule has 2 aliphatic carbocycles. The number of ketones is 1. The molecule has 0 aliphatic heterocycles. The Labute approximate surface area is 123 Å². The van der Waals surface area contributed by atoms with Gasteiger partial charge in [-0.1, -0.05) is 33.3 Å². The third-order valence-electron chi connectivity index (χ3n) is 6.12. The molecule has 0 unspecified atom stereocenters. The van der Waals surface area contributed by atoms with Crippen LogP contribution in [-0.4, -0.2) is 16.5 Å². The van der Waals surface area contributed by atoms with Crippen LogP contribution in [0.5, 0.6) is 0 Å². The number of carbonyl (C=O) groups excluding carboxylic acids is 1. The standard InChI is InChI=1S/C18H30O2/c1-13(19)7-8-15-17(4)11-6-10-16(2,3)14(17)9-12-18(15,5)20/h7-8,14-15,20H,6,9-12H2,1-5H3/t14-,15+,17-,18+/m0/s1. The summed E-state index contributed by atoms with van der Waals surface area (Å²) < 4.78 is 0. The lowest BCUT2D eigenvalue weighted by Gasteiger charge is -2.60. The molecule has 0 aromatic heterocycles. The van der Waals surface area contributed by atoms with Crippen LogP contribution in [0.3, 0.4) is 0 Å². The molecule has 0 spiro atoms. The van der Waals surface area contributed by atoms with E-state index in [2.05, 4.69) is 20.8 Å². The summed E-state index contributed by atoms with van der Waals surface area (Å²) in [5, 5.41) is 10.9. The second-order valence-corrected chi connectivity index (χ2v) is 8.24. The van der Waals surface area contributed by atoms with E-state index in [1.165, 1.54) is 12.8 Å². The maximum atomic E-state index is 11.3. The van der Waals surface area contributed by atoms with Gasteiger partial charge in [0.15, 0.2) is 5.78 Å². The van der Waals surface area contributed by atoms with Crippen molar-refractivity contribution in [2.24, 2.45) is 22.7 Å². The van der Waals surface area contributed by atoms with Crippen LogP contribution in [0.15, 0.2) is 12.2 Å². The highest BCUT2D eigenvalue weighted by Crippen LogP contribution is 2.62. The van der Waals surface area contributed by atoms with Crippen LogP contribution in [0, 0.1) is 22.7 Å². The fourth-order valence-corrected chi connectivity index (χ4v) is 5.22. The molecule has 2 fully saturated rings. The summed E-state index contributed by atoms with van der Waals surface area (Å²) in [6.07, 6.45) is 9.25. The van der Waals surface area contributed by atoms with Gasteiger partial charge >= 0.3 is 0 Å². The Morgan fingerprint density at radius 3 is 2.40 bits per heavy atom. The van der Waals surface area contributed by atoms with Crippen LogP contribution < -0.4 is 0 Å². The van der Waals surface area contributed by atoms with E-state index >= 15 is 0 Å². The average Bonchev–Trinajstić information content (AvgIpc) is 2.25. The van der Waals surface area contributed by atoms with E-state index in [-0.39, 0.29) is 17.1 Å². The Morgan fingerprint density at radius 2 is 1.80 bits per heavy atom. The fourth-order valence-electron chi connectivity index (χ4n) is 5.22. The number of carbonyl (C=O) groups is 1. The summed E-state index contributed by atoms with van der Waals surface area (Å²) in [4.78, 5) is 11.3. The summed E-state index contributed by atoms with van der Waals surface area (Å²) in [6, 6.07) is 0. The Hall–Kier alpha value is -0.630. The maximum absolute atomic E-state index is 11.3. The van der Waals surface area contributed by atoms with Crippen LogP contribution >= 0.6 is 0 Å². The van der Waals surface area contributed by atoms with E-state index < -0.39 is 5.60 Å². The zero-order chi connectivity index (χ0) is 15.2. The van der Waals surface area contributed by atoms with Gasteiger partial charge in [-0.05, 0) is 62.4 Å². The van der Waals surface area contributed by atoms with Gasteiger partial charge in [-0.3, -0.25) is 4.79 Å². The zero-order valence-electron chi connectivity index (χ0n) is 13.7. The summed E-state index contributed by atoms with van der Waals surface area (Å²) in [7, 11) is 0. The molecule has 1 N–H and O–H groups in total. The van der Waals surface area contributed by atoms with Crippen molar-refractivity contribution < 1.29 is 9.90 Å². The number of rotatable bonds is 2. The average molecular weight is 278 g/mol. The monoisotopic (exact) mass is 278 g/mol. The molecule has 0 heterocycles. The molecule has 2 saturated carbocycles. The summed E-state index contributed by atoms with van der Waals surface area (Å²) in [5.41, 5.74) is -0.244. The first-order chi connectivity index (χ1) is 9.09. The van der Waals surface area contributed by atoms with Gasteiger partial charge in [-0.15, -0.1) is 0 Å². The Bertz CT molecular complexity index is 419. The summed E-state index contributed by atoms with van der Waals surface area (Å²) in [6.45, 7) is 10.6. The molecule has 2 rings (SSSR count). The van der Waals surface area contributed by atoms with E-state index in [0.29, 0.717) is 11.3 Å². The molecular formula is C18H30O2. The molecule has 0 aromatic rings. The number of aliphatic hydroxyl groups is 1. The first-order valence-electron chi connectivity index (χ1n) is 8.01. The Balaban J connectivity index is 2.40. The van der Waals surface area contributed by atoms with Crippen LogP contribution in [0.4, 0.5) is 0 Å². The fraction of sp³-hybridized carbons (Fsp3) is 0.833. The highest BCUT2D eigenvalue weighted by Gasteiger charge is 2.57. The first kappa shape index (κ1) is 15.8. The van der Waals surface area contributed by atoms with Gasteiger partial charge in [0.2, 0.25) is 0 Å². The van der Waals surface area contributed by atoms with Gasteiger partial charge in [0, 0.05) is 5.92 Å². The van der Waals surface area contributed by atoms with Gasteiger partial charge in [0.25, 0.3) is 0 Å². The summed E-state index contributed by atoms with van der Waals surface area (Å²) in [5.74, 6) is 0.782. The smallest absolute Gasteiger partial charge is 0.152 e. The first-order valence-corrected chi connectivity index (χ1v) is 8.01.